The molecule has 0 unspecified atom stereocenters. The molecule has 0 aromatic rings. The number of unbranched alkanes of at least 4 members (excludes halogenated alkanes) is 14. The van der Waals surface area contributed by atoms with E-state index in [1.807, 2.05) is 0 Å². The van der Waals surface area contributed by atoms with E-state index in [9.17, 15) is 5.11 Å². The van der Waals surface area contributed by atoms with Crippen LogP contribution >= 0.6 is 0 Å². The quantitative estimate of drug-likeness (QED) is 0.164. The average Bonchev–Trinajstić information content (AvgIpc) is 2.66. The zero-order valence-electron chi connectivity index (χ0n) is 18.4. The summed E-state index contributed by atoms with van der Waals surface area (Å²) >= 11 is 0. The molecule has 0 aromatic carbocycles. The number of allylic oxidation sites excluding steroid dienone is 2. The first-order valence-corrected chi connectivity index (χ1v) is 11.7. The molecule has 0 aliphatic carbocycles. The molecule has 0 heterocycles. The van der Waals surface area contributed by atoms with Crippen LogP contribution in [0.4, 0.5) is 0 Å². The average molecular weight is 385 g/mol. The summed E-state index contributed by atoms with van der Waals surface area (Å²) in [6.07, 6.45) is 25.7. The Morgan fingerprint density at radius 1 is 0.667 bits per heavy atom. The Morgan fingerprint density at radius 2 is 1.15 bits per heavy atom. The predicted molar refractivity (Wildman–Crippen MR) is 117 cm³/mol. The molecular weight excluding hydrogens is 336 g/mol. The molecule has 0 fully saturated rings. The molecule has 0 bridgehead atoms. The fraction of sp³-hybridized carbons (Fsp3) is 0.917. The topological polar surface area (TPSA) is 38.7 Å². The third-order valence-corrected chi connectivity index (χ3v) is 4.97. The van der Waals surface area contributed by atoms with E-state index in [1.54, 1.807) is 7.11 Å². The van der Waals surface area contributed by atoms with Gasteiger partial charge in [0.1, 0.15) is 6.10 Å². The summed E-state index contributed by atoms with van der Waals surface area (Å²) in [6, 6.07) is 0. The first-order chi connectivity index (χ1) is 13.3. The summed E-state index contributed by atoms with van der Waals surface area (Å²) in [7, 11) is 1.59. The number of aliphatic hydroxyl groups excluding tert-OH is 1. The number of hydrogen-bond donors (Lipinski definition) is 1. The van der Waals surface area contributed by atoms with Gasteiger partial charge in [0, 0.05) is 13.7 Å². The van der Waals surface area contributed by atoms with Crippen LogP contribution in [0.2, 0.25) is 0 Å². The second-order valence-electron chi connectivity index (χ2n) is 7.83. The van der Waals surface area contributed by atoms with Crippen molar-refractivity contribution >= 4 is 0 Å². The summed E-state index contributed by atoms with van der Waals surface area (Å²) in [5.41, 5.74) is 0. The van der Waals surface area contributed by atoms with Gasteiger partial charge in [0.05, 0.1) is 13.2 Å². The van der Waals surface area contributed by atoms with E-state index < -0.39 is 6.10 Å². The maximum atomic E-state index is 9.45. The minimum atomic E-state index is -0.485. The summed E-state index contributed by atoms with van der Waals surface area (Å²) in [4.78, 5) is 0. The van der Waals surface area contributed by atoms with E-state index in [0.717, 1.165) is 13.0 Å². The highest BCUT2D eigenvalue weighted by Crippen LogP contribution is 2.11. The molecule has 0 saturated heterocycles. The van der Waals surface area contributed by atoms with Gasteiger partial charge in [0.25, 0.3) is 0 Å². The summed E-state index contributed by atoms with van der Waals surface area (Å²) in [6.45, 7) is 3.78. The highest BCUT2D eigenvalue weighted by molar-refractivity contribution is 4.81. The van der Waals surface area contributed by atoms with Crippen LogP contribution in [0.15, 0.2) is 12.2 Å². The molecule has 0 spiro atoms. The van der Waals surface area contributed by atoms with Gasteiger partial charge < -0.3 is 14.6 Å². The molecule has 0 aromatic heterocycles. The van der Waals surface area contributed by atoms with Crippen molar-refractivity contribution in [2.45, 2.75) is 116 Å². The summed E-state index contributed by atoms with van der Waals surface area (Å²) in [5.74, 6) is 0. The van der Waals surface area contributed by atoms with Gasteiger partial charge in [-0.3, -0.25) is 0 Å². The third kappa shape index (κ3) is 23.6. The molecule has 1 N–H and O–H groups in total. The van der Waals surface area contributed by atoms with Crippen LogP contribution in [-0.4, -0.2) is 38.1 Å². The maximum Gasteiger partial charge on any atom is 0.101 e. The second kappa shape index (κ2) is 23.7. The van der Waals surface area contributed by atoms with Gasteiger partial charge in [-0.25, -0.2) is 0 Å². The predicted octanol–water partition coefficient (Wildman–Crippen LogP) is 6.83. The van der Waals surface area contributed by atoms with E-state index >= 15 is 0 Å². The molecule has 0 amide bonds. The van der Waals surface area contributed by atoms with Crippen molar-refractivity contribution in [3.63, 3.8) is 0 Å². The molecule has 3 heteroatoms. The monoisotopic (exact) mass is 384 g/mol. The number of methoxy groups -OCH3 is 1. The van der Waals surface area contributed by atoms with Gasteiger partial charge in [0.15, 0.2) is 0 Å². The third-order valence-electron chi connectivity index (χ3n) is 4.97. The van der Waals surface area contributed by atoms with Gasteiger partial charge in [-0.05, 0) is 32.1 Å². The molecular formula is C24H48O3. The standard InChI is InChI=1S/C24H48O3/c1-3-4-5-6-7-8-9-10-11-12-13-14-15-16-17-18-19-20-21-27-23-24(25)22-26-2/h9-10,24-25H,3-8,11-23H2,1-2H3/t24-/m0/s1. The Hall–Kier alpha value is -0.380. The smallest absolute Gasteiger partial charge is 0.101 e. The largest absolute Gasteiger partial charge is 0.388 e. The minimum absolute atomic E-state index is 0.357. The highest BCUT2D eigenvalue weighted by Gasteiger charge is 2.02. The minimum Gasteiger partial charge on any atom is -0.388 e. The molecule has 0 saturated carbocycles. The zero-order valence-corrected chi connectivity index (χ0v) is 18.4. The Bertz CT molecular complexity index is 291. The van der Waals surface area contributed by atoms with E-state index in [4.69, 9.17) is 9.47 Å². The Balaban J connectivity index is 3.08. The van der Waals surface area contributed by atoms with Crippen molar-refractivity contribution in [3.8, 4) is 0 Å². The van der Waals surface area contributed by atoms with E-state index in [0.29, 0.717) is 13.2 Å². The van der Waals surface area contributed by atoms with Crippen molar-refractivity contribution in [1.29, 1.82) is 0 Å². The van der Waals surface area contributed by atoms with Gasteiger partial charge in [-0.1, -0.05) is 89.7 Å². The van der Waals surface area contributed by atoms with Gasteiger partial charge in [-0.2, -0.15) is 0 Å². The van der Waals surface area contributed by atoms with Crippen LogP contribution in [0.3, 0.4) is 0 Å². The molecule has 0 aliphatic rings. The van der Waals surface area contributed by atoms with Crippen LogP contribution in [-0.2, 0) is 9.47 Å². The van der Waals surface area contributed by atoms with Gasteiger partial charge in [-0.15, -0.1) is 0 Å². The Morgan fingerprint density at radius 3 is 1.67 bits per heavy atom. The van der Waals surface area contributed by atoms with Crippen molar-refractivity contribution in [3.05, 3.63) is 12.2 Å². The number of ether oxygens (including phenoxy) is 2. The normalized spacial score (nSPS) is 12.9. The van der Waals surface area contributed by atoms with E-state index in [2.05, 4.69) is 19.1 Å². The highest BCUT2D eigenvalue weighted by atomic mass is 16.5. The number of aliphatic hydroxyl groups is 1. The van der Waals surface area contributed by atoms with Crippen molar-refractivity contribution in [2.75, 3.05) is 26.9 Å². The first kappa shape index (κ1) is 26.6. The molecule has 27 heavy (non-hydrogen) atoms. The Kier molecular flexibility index (Phi) is 23.3. The number of hydrogen-bond acceptors (Lipinski definition) is 3. The van der Waals surface area contributed by atoms with Crippen LogP contribution in [0.1, 0.15) is 110 Å². The molecule has 162 valence electrons. The SMILES string of the molecule is CCCCCCCC=CCCCCCCCCCCCOC[C@@H](O)COC. The lowest BCUT2D eigenvalue weighted by molar-refractivity contribution is -0.00684. The molecule has 0 rings (SSSR count). The van der Waals surface area contributed by atoms with Crippen LogP contribution in [0.25, 0.3) is 0 Å². The lowest BCUT2D eigenvalue weighted by Crippen LogP contribution is -2.21. The molecule has 0 aliphatic heterocycles. The number of rotatable bonds is 22. The van der Waals surface area contributed by atoms with Crippen LogP contribution in [0.5, 0.6) is 0 Å². The first-order valence-electron chi connectivity index (χ1n) is 11.7. The summed E-state index contributed by atoms with van der Waals surface area (Å²) < 4.78 is 10.3. The second-order valence-corrected chi connectivity index (χ2v) is 7.83. The zero-order chi connectivity index (χ0) is 19.8. The van der Waals surface area contributed by atoms with Crippen molar-refractivity contribution in [2.24, 2.45) is 0 Å². The lowest BCUT2D eigenvalue weighted by atomic mass is 10.1. The van der Waals surface area contributed by atoms with Crippen LogP contribution in [0, 0.1) is 0 Å². The maximum absolute atomic E-state index is 9.45. The van der Waals surface area contributed by atoms with E-state index in [-0.39, 0.29) is 0 Å². The van der Waals surface area contributed by atoms with Crippen molar-refractivity contribution < 1.29 is 14.6 Å². The van der Waals surface area contributed by atoms with Gasteiger partial charge >= 0.3 is 0 Å². The molecule has 3 nitrogen and oxygen atoms in total. The summed E-state index contributed by atoms with van der Waals surface area (Å²) in [5, 5.41) is 9.45. The Labute approximate surface area is 169 Å². The molecule has 1 atom stereocenters. The molecule has 0 radical (unpaired) electrons. The van der Waals surface area contributed by atoms with Gasteiger partial charge in [0.2, 0.25) is 0 Å². The van der Waals surface area contributed by atoms with Crippen molar-refractivity contribution in [1.82, 2.24) is 0 Å². The fourth-order valence-corrected chi connectivity index (χ4v) is 3.27. The lowest BCUT2D eigenvalue weighted by Gasteiger charge is -2.09. The van der Waals surface area contributed by atoms with E-state index in [1.165, 1.54) is 96.3 Å². The van der Waals surface area contributed by atoms with Crippen LogP contribution < -0.4 is 0 Å². The fourth-order valence-electron chi connectivity index (χ4n) is 3.27.